The first kappa shape index (κ1) is 16.9. The van der Waals surface area contributed by atoms with Crippen LogP contribution < -0.4 is 10.6 Å². The van der Waals surface area contributed by atoms with E-state index in [1.807, 2.05) is 30.3 Å². The second-order valence-corrected chi connectivity index (χ2v) is 6.31. The summed E-state index contributed by atoms with van der Waals surface area (Å²) < 4.78 is 0. The van der Waals surface area contributed by atoms with Gasteiger partial charge in [-0.3, -0.25) is 0 Å². The van der Waals surface area contributed by atoms with Crippen molar-refractivity contribution in [3.8, 4) is 12.1 Å². The molecular formula is C16H19ClN4. The van der Waals surface area contributed by atoms with Crippen molar-refractivity contribution in [2.24, 2.45) is 5.41 Å². The molecule has 0 bridgehead atoms. The Balaban J connectivity index is 2.78. The van der Waals surface area contributed by atoms with Gasteiger partial charge in [-0.15, -0.1) is 0 Å². The van der Waals surface area contributed by atoms with Gasteiger partial charge in [-0.1, -0.05) is 44.5 Å². The van der Waals surface area contributed by atoms with E-state index in [4.69, 9.17) is 11.6 Å². The topological polar surface area (TPSA) is 71.6 Å². The van der Waals surface area contributed by atoms with Crippen molar-refractivity contribution >= 4 is 11.6 Å². The quantitative estimate of drug-likeness (QED) is 0.818. The van der Waals surface area contributed by atoms with E-state index in [2.05, 4.69) is 31.4 Å². The van der Waals surface area contributed by atoms with Crippen LogP contribution in [0.1, 0.15) is 26.3 Å². The Hall–Kier alpha value is -2.17. The van der Waals surface area contributed by atoms with Crippen molar-refractivity contribution < 1.29 is 0 Å². The van der Waals surface area contributed by atoms with Crippen LogP contribution in [0.5, 0.6) is 0 Å². The number of halogens is 1. The normalized spacial score (nSPS) is 11.9. The highest BCUT2D eigenvalue weighted by atomic mass is 35.5. The summed E-state index contributed by atoms with van der Waals surface area (Å²) in [6.45, 7) is 7.22. The standard InChI is InChI=1S/C16H19ClN4/c1-16(2,3)11-21-15(9-19)14(8-18)20-10-12-5-4-6-13(17)7-12/h4-7,20-21H,10-11H2,1-3H3. The molecule has 0 spiro atoms. The van der Waals surface area contributed by atoms with E-state index >= 15 is 0 Å². The van der Waals surface area contributed by atoms with E-state index < -0.39 is 0 Å². The average molecular weight is 303 g/mol. The van der Waals surface area contributed by atoms with Gasteiger partial charge in [0.15, 0.2) is 0 Å². The van der Waals surface area contributed by atoms with Crippen LogP contribution in [-0.4, -0.2) is 6.54 Å². The van der Waals surface area contributed by atoms with E-state index in [0.717, 1.165) is 5.56 Å². The van der Waals surface area contributed by atoms with Gasteiger partial charge in [0, 0.05) is 18.1 Å². The van der Waals surface area contributed by atoms with E-state index in [1.54, 1.807) is 6.07 Å². The van der Waals surface area contributed by atoms with Crippen molar-refractivity contribution in [3.63, 3.8) is 0 Å². The fourth-order valence-electron chi connectivity index (χ4n) is 1.56. The van der Waals surface area contributed by atoms with E-state index in [1.165, 1.54) is 0 Å². The number of rotatable bonds is 5. The van der Waals surface area contributed by atoms with Gasteiger partial charge in [0.2, 0.25) is 0 Å². The smallest absolute Gasteiger partial charge is 0.148 e. The van der Waals surface area contributed by atoms with Gasteiger partial charge in [-0.2, -0.15) is 10.5 Å². The molecule has 1 aromatic rings. The minimum Gasteiger partial charge on any atom is -0.374 e. The summed E-state index contributed by atoms with van der Waals surface area (Å²) >= 11 is 5.91. The molecule has 0 saturated carbocycles. The molecule has 21 heavy (non-hydrogen) atoms. The Labute approximate surface area is 131 Å². The lowest BCUT2D eigenvalue weighted by molar-refractivity contribution is 0.398. The Morgan fingerprint density at radius 3 is 2.29 bits per heavy atom. The van der Waals surface area contributed by atoms with Crippen molar-refractivity contribution in [2.45, 2.75) is 27.3 Å². The lowest BCUT2D eigenvalue weighted by Crippen LogP contribution is -2.28. The molecule has 1 rings (SSSR count). The van der Waals surface area contributed by atoms with E-state index in [0.29, 0.717) is 18.1 Å². The summed E-state index contributed by atoms with van der Waals surface area (Å²) in [4.78, 5) is 0. The molecule has 0 saturated heterocycles. The predicted octanol–water partition coefficient (Wildman–Crippen LogP) is 3.32. The van der Waals surface area contributed by atoms with Crippen LogP contribution in [-0.2, 0) is 6.54 Å². The molecule has 1 aromatic carbocycles. The Morgan fingerprint density at radius 1 is 1.14 bits per heavy atom. The van der Waals surface area contributed by atoms with Gasteiger partial charge < -0.3 is 10.6 Å². The zero-order valence-corrected chi connectivity index (χ0v) is 13.3. The second kappa shape index (κ2) is 7.57. The maximum Gasteiger partial charge on any atom is 0.148 e. The molecule has 0 aliphatic carbocycles. The molecule has 0 fully saturated rings. The van der Waals surface area contributed by atoms with Gasteiger partial charge in [-0.05, 0) is 23.1 Å². The van der Waals surface area contributed by atoms with Gasteiger partial charge in [0.25, 0.3) is 0 Å². The maximum absolute atomic E-state index is 9.20. The van der Waals surface area contributed by atoms with Crippen molar-refractivity contribution in [1.82, 2.24) is 10.6 Å². The number of hydrogen-bond acceptors (Lipinski definition) is 4. The summed E-state index contributed by atoms with van der Waals surface area (Å²) in [7, 11) is 0. The van der Waals surface area contributed by atoms with Crippen LogP contribution in [0.25, 0.3) is 0 Å². The first-order valence-electron chi connectivity index (χ1n) is 6.62. The zero-order valence-electron chi connectivity index (χ0n) is 12.5. The highest BCUT2D eigenvalue weighted by Gasteiger charge is 2.13. The summed E-state index contributed by atoms with van der Waals surface area (Å²) in [6.07, 6.45) is 0. The highest BCUT2D eigenvalue weighted by Crippen LogP contribution is 2.13. The largest absolute Gasteiger partial charge is 0.374 e. The van der Waals surface area contributed by atoms with Crippen LogP contribution >= 0.6 is 11.6 Å². The second-order valence-electron chi connectivity index (χ2n) is 5.87. The Kier molecular flexibility index (Phi) is 6.09. The highest BCUT2D eigenvalue weighted by molar-refractivity contribution is 6.30. The third-order valence-electron chi connectivity index (χ3n) is 2.63. The van der Waals surface area contributed by atoms with Gasteiger partial charge >= 0.3 is 0 Å². The number of nitrogens with one attached hydrogen (secondary N) is 2. The summed E-state index contributed by atoms with van der Waals surface area (Å²) in [5.74, 6) is 0. The molecule has 0 unspecified atom stereocenters. The van der Waals surface area contributed by atoms with Crippen LogP contribution in [0, 0.1) is 28.1 Å². The third-order valence-corrected chi connectivity index (χ3v) is 2.86. The first-order valence-corrected chi connectivity index (χ1v) is 7.00. The summed E-state index contributed by atoms with van der Waals surface area (Å²) in [6, 6.07) is 11.4. The maximum atomic E-state index is 9.20. The average Bonchev–Trinajstić information content (AvgIpc) is 2.41. The molecular weight excluding hydrogens is 284 g/mol. The third kappa shape index (κ3) is 6.21. The molecule has 0 amide bonds. The molecule has 2 N–H and O–H groups in total. The molecule has 0 heterocycles. The van der Waals surface area contributed by atoms with Crippen LogP contribution in [0.4, 0.5) is 0 Å². The number of hydrogen-bond donors (Lipinski definition) is 2. The monoisotopic (exact) mass is 302 g/mol. The predicted molar refractivity (Wildman–Crippen MR) is 84.0 cm³/mol. The molecule has 0 radical (unpaired) electrons. The molecule has 0 aliphatic rings. The Morgan fingerprint density at radius 2 is 1.76 bits per heavy atom. The fourth-order valence-corrected chi connectivity index (χ4v) is 1.77. The van der Waals surface area contributed by atoms with Gasteiger partial charge in [-0.25, -0.2) is 0 Å². The van der Waals surface area contributed by atoms with Gasteiger partial charge in [0.05, 0.1) is 0 Å². The molecule has 0 aliphatic heterocycles. The number of nitriles is 2. The van der Waals surface area contributed by atoms with Gasteiger partial charge in [0.1, 0.15) is 23.5 Å². The molecule has 5 heteroatoms. The summed E-state index contributed by atoms with van der Waals surface area (Å²) in [5.41, 5.74) is 1.47. The van der Waals surface area contributed by atoms with Crippen molar-refractivity contribution in [1.29, 1.82) is 10.5 Å². The zero-order chi connectivity index (χ0) is 15.9. The lowest BCUT2D eigenvalue weighted by atomic mass is 9.97. The first-order chi connectivity index (χ1) is 9.85. The van der Waals surface area contributed by atoms with Crippen LogP contribution in [0.3, 0.4) is 0 Å². The molecule has 0 atom stereocenters. The molecule has 110 valence electrons. The lowest BCUT2D eigenvalue weighted by Gasteiger charge is -2.19. The minimum atomic E-state index is 0.0234. The van der Waals surface area contributed by atoms with E-state index in [9.17, 15) is 10.5 Å². The fraction of sp³-hybridized carbons (Fsp3) is 0.375. The SMILES string of the molecule is CC(C)(C)CNC(C#N)=C(C#N)NCc1cccc(Cl)c1. The van der Waals surface area contributed by atoms with Crippen LogP contribution in [0.15, 0.2) is 35.7 Å². The molecule has 4 nitrogen and oxygen atoms in total. The number of allylic oxidation sites excluding steroid dienone is 2. The summed E-state index contributed by atoms with van der Waals surface area (Å²) in [5, 5.41) is 25.0. The number of nitrogens with zero attached hydrogens (tertiary/aromatic N) is 2. The van der Waals surface area contributed by atoms with Crippen LogP contribution in [0.2, 0.25) is 5.02 Å². The number of benzene rings is 1. The molecule has 0 aromatic heterocycles. The van der Waals surface area contributed by atoms with Crippen molar-refractivity contribution in [2.75, 3.05) is 6.54 Å². The van der Waals surface area contributed by atoms with Crippen molar-refractivity contribution in [3.05, 3.63) is 46.2 Å². The minimum absolute atomic E-state index is 0.0234. The van der Waals surface area contributed by atoms with E-state index in [-0.39, 0.29) is 16.8 Å². The Bertz CT molecular complexity index is 600.